The maximum Gasteiger partial charge on any atom is 0.142 e. The molecule has 1 fully saturated rings. The molecule has 1 aliphatic heterocycles. The Morgan fingerprint density at radius 2 is 1.96 bits per heavy atom. The summed E-state index contributed by atoms with van der Waals surface area (Å²) in [4.78, 5) is 11.8. The van der Waals surface area contributed by atoms with E-state index >= 15 is 0 Å². The molecule has 1 unspecified atom stereocenters. The first-order chi connectivity index (χ1) is 12.9. The topological polar surface area (TPSA) is 59.5 Å². The van der Waals surface area contributed by atoms with E-state index in [-0.39, 0.29) is 5.41 Å². The van der Waals surface area contributed by atoms with Gasteiger partial charge >= 0.3 is 0 Å². The predicted molar refractivity (Wildman–Crippen MR) is 109 cm³/mol. The van der Waals surface area contributed by atoms with Gasteiger partial charge in [-0.1, -0.05) is 32.9 Å². The van der Waals surface area contributed by atoms with E-state index in [9.17, 15) is 0 Å². The quantitative estimate of drug-likeness (QED) is 0.838. The molecular formula is C21H30N4O2. The molecule has 1 N–H and O–H groups in total. The van der Waals surface area contributed by atoms with Gasteiger partial charge in [-0.25, -0.2) is 9.97 Å². The maximum atomic E-state index is 5.51. The molecule has 6 heteroatoms. The van der Waals surface area contributed by atoms with E-state index in [0.29, 0.717) is 12.6 Å². The first kappa shape index (κ1) is 19.4. The van der Waals surface area contributed by atoms with Crippen molar-refractivity contribution in [1.82, 2.24) is 9.97 Å². The van der Waals surface area contributed by atoms with Crippen molar-refractivity contribution in [3.8, 4) is 5.75 Å². The van der Waals surface area contributed by atoms with Crippen molar-refractivity contribution >= 4 is 11.5 Å². The summed E-state index contributed by atoms with van der Waals surface area (Å²) >= 11 is 0. The highest BCUT2D eigenvalue weighted by Crippen LogP contribution is 2.31. The van der Waals surface area contributed by atoms with Crippen molar-refractivity contribution in [2.24, 2.45) is 0 Å². The van der Waals surface area contributed by atoms with Crippen molar-refractivity contribution in [1.29, 1.82) is 0 Å². The van der Waals surface area contributed by atoms with Crippen molar-refractivity contribution in [3.05, 3.63) is 41.9 Å². The summed E-state index contributed by atoms with van der Waals surface area (Å²) in [5.74, 6) is 2.62. The van der Waals surface area contributed by atoms with Gasteiger partial charge in [0, 0.05) is 37.7 Å². The summed E-state index contributed by atoms with van der Waals surface area (Å²) in [6.07, 6.45) is 1.05. The van der Waals surface area contributed by atoms with E-state index in [1.807, 2.05) is 18.2 Å². The van der Waals surface area contributed by atoms with Crippen LogP contribution in [0.5, 0.6) is 5.75 Å². The van der Waals surface area contributed by atoms with Gasteiger partial charge in [0.2, 0.25) is 0 Å². The average Bonchev–Trinajstić information content (AvgIpc) is 3.09. The monoisotopic (exact) mass is 370 g/mol. The normalized spacial score (nSPS) is 17.2. The van der Waals surface area contributed by atoms with Crippen LogP contribution in [-0.2, 0) is 16.8 Å². The zero-order valence-electron chi connectivity index (χ0n) is 17.0. The molecule has 1 atom stereocenters. The number of methoxy groups -OCH3 is 2. The summed E-state index contributed by atoms with van der Waals surface area (Å²) in [6.45, 7) is 8.76. The first-order valence-electron chi connectivity index (χ1n) is 9.42. The van der Waals surface area contributed by atoms with Gasteiger partial charge < -0.3 is 19.7 Å². The van der Waals surface area contributed by atoms with Crippen LogP contribution in [0.25, 0.3) is 0 Å². The van der Waals surface area contributed by atoms with Gasteiger partial charge in [-0.2, -0.15) is 0 Å². The third-order valence-corrected chi connectivity index (χ3v) is 4.71. The Balaban J connectivity index is 1.75. The fraction of sp³-hybridized carbons (Fsp3) is 0.524. The molecule has 0 amide bonds. The number of para-hydroxylation sites is 2. The van der Waals surface area contributed by atoms with E-state index in [4.69, 9.17) is 14.5 Å². The number of hydrogen-bond acceptors (Lipinski definition) is 6. The van der Waals surface area contributed by atoms with Gasteiger partial charge in [-0.15, -0.1) is 0 Å². The van der Waals surface area contributed by atoms with Crippen molar-refractivity contribution in [2.45, 2.75) is 45.3 Å². The second kappa shape index (κ2) is 8.13. The van der Waals surface area contributed by atoms with Crippen LogP contribution in [0, 0.1) is 0 Å². The molecule has 6 nitrogen and oxygen atoms in total. The van der Waals surface area contributed by atoms with E-state index in [1.54, 1.807) is 14.2 Å². The maximum absolute atomic E-state index is 5.51. The Hall–Kier alpha value is -2.34. The van der Waals surface area contributed by atoms with Crippen LogP contribution in [0.15, 0.2) is 30.3 Å². The van der Waals surface area contributed by atoms with Gasteiger partial charge in [-0.05, 0) is 18.6 Å². The largest absolute Gasteiger partial charge is 0.495 e. The van der Waals surface area contributed by atoms with Crippen LogP contribution in [0.1, 0.15) is 38.7 Å². The molecule has 27 heavy (non-hydrogen) atoms. The molecular weight excluding hydrogens is 340 g/mol. The minimum absolute atomic E-state index is 0.112. The molecule has 1 aliphatic rings. The SMILES string of the molecule is COCc1cc(NC2CCN(c3ccccc3OC)C2)nc(C(C)(C)C)n1. The number of rotatable bonds is 6. The van der Waals surface area contributed by atoms with Gasteiger partial charge in [0.25, 0.3) is 0 Å². The molecule has 1 aromatic heterocycles. The molecule has 0 aliphatic carbocycles. The number of benzene rings is 1. The number of aromatic nitrogens is 2. The van der Waals surface area contributed by atoms with E-state index < -0.39 is 0 Å². The molecule has 1 aromatic carbocycles. The molecule has 3 rings (SSSR count). The van der Waals surface area contributed by atoms with Gasteiger partial charge in [-0.3, -0.25) is 0 Å². The van der Waals surface area contributed by atoms with E-state index in [2.05, 4.69) is 48.1 Å². The van der Waals surface area contributed by atoms with Crippen LogP contribution in [0.3, 0.4) is 0 Å². The van der Waals surface area contributed by atoms with Gasteiger partial charge in [0.15, 0.2) is 0 Å². The van der Waals surface area contributed by atoms with Crippen molar-refractivity contribution in [2.75, 3.05) is 37.5 Å². The Labute approximate surface area is 161 Å². The molecule has 0 spiro atoms. The number of hydrogen-bond donors (Lipinski definition) is 1. The van der Waals surface area contributed by atoms with Crippen LogP contribution in [0.4, 0.5) is 11.5 Å². The minimum atomic E-state index is -0.112. The molecule has 146 valence electrons. The Bertz CT molecular complexity index is 773. The third kappa shape index (κ3) is 4.69. The van der Waals surface area contributed by atoms with Crippen LogP contribution >= 0.6 is 0 Å². The van der Waals surface area contributed by atoms with Crippen molar-refractivity contribution in [3.63, 3.8) is 0 Å². The first-order valence-corrected chi connectivity index (χ1v) is 9.42. The number of ether oxygens (including phenoxy) is 2. The molecule has 0 saturated carbocycles. The highest BCUT2D eigenvalue weighted by atomic mass is 16.5. The molecule has 2 heterocycles. The lowest BCUT2D eigenvalue weighted by Crippen LogP contribution is -2.27. The highest BCUT2D eigenvalue weighted by Gasteiger charge is 2.26. The Kier molecular flexibility index (Phi) is 5.85. The van der Waals surface area contributed by atoms with E-state index in [0.717, 1.165) is 48.3 Å². The van der Waals surface area contributed by atoms with Crippen LogP contribution in [-0.4, -0.2) is 43.3 Å². The van der Waals surface area contributed by atoms with Gasteiger partial charge in [0.1, 0.15) is 17.4 Å². The predicted octanol–water partition coefficient (Wildman–Crippen LogP) is 3.62. The smallest absolute Gasteiger partial charge is 0.142 e. The van der Waals surface area contributed by atoms with E-state index in [1.165, 1.54) is 0 Å². The summed E-state index contributed by atoms with van der Waals surface area (Å²) in [5, 5.41) is 3.60. The number of nitrogens with one attached hydrogen (secondary N) is 1. The third-order valence-electron chi connectivity index (χ3n) is 4.71. The number of anilines is 2. The lowest BCUT2D eigenvalue weighted by Gasteiger charge is -2.22. The summed E-state index contributed by atoms with van der Waals surface area (Å²) in [7, 11) is 3.41. The second-order valence-electron chi connectivity index (χ2n) is 8.00. The van der Waals surface area contributed by atoms with Crippen molar-refractivity contribution < 1.29 is 9.47 Å². The zero-order chi connectivity index (χ0) is 19.4. The molecule has 1 saturated heterocycles. The molecule has 0 radical (unpaired) electrons. The van der Waals surface area contributed by atoms with Crippen LogP contribution < -0.4 is 15.0 Å². The Morgan fingerprint density at radius 1 is 1.19 bits per heavy atom. The molecule has 0 bridgehead atoms. The summed E-state index contributed by atoms with van der Waals surface area (Å²) in [5.41, 5.74) is 1.93. The van der Waals surface area contributed by atoms with Gasteiger partial charge in [0.05, 0.1) is 25.1 Å². The highest BCUT2D eigenvalue weighted by molar-refractivity contribution is 5.59. The summed E-state index contributed by atoms with van der Waals surface area (Å²) < 4.78 is 10.8. The fourth-order valence-electron chi connectivity index (χ4n) is 3.33. The standard InChI is InChI=1S/C21H30N4O2/c1-21(2,3)20-23-16(14-26-4)12-19(24-20)22-15-10-11-25(13-15)17-8-6-7-9-18(17)27-5/h6-9,12,15H,10-11,13-14H2,1-5H3,(H,22,23,24). The zero-order valence-corrected chi connectivity index (χ0v) is 17.0. The van der Waals surface area contributed by atoms with Crippen LogP contribution in [0.2, 0.25) is 0 Å². The lowest BCUT2D eigenvalue weighted by molar-refractivity contribution is 0.181. The lowest BCUT2D eigenvalue weighted by atomic mass is 9.95. The average molecular weight is 370 g/mol. The fourth-order valence-corrected chi connectivity index (χ4v) is 3.33. The second-order valence-corrected chi connectivity index (χ2v) is 8.00. The Morgan fingerprint density at radius 3 is 2.67 bits per heavy atom. The molecule has 2 aromatic rings. The number of nitrogens with zero attached hydrogens (tertiary/aromatic N) is 3. The minimum Gasteiger partial charge on any atom is -0.495 e. The summed E-state index contributed by atoms with van der Waals surface area (Å²) in [6, 6.07) is 10.5.